The van der Waals surface area contributed by atoms with Crippen LogP contribution < -0.4 is 10.6 Å². The molecule has 5 rings (SSSR count). The second-order valence-electron chi connectivity index (χ2n) is 8.50. The lowest BCUT2D eigenvalue weighted by molar-refractivity contribution is 0.197. The Labute approximate surface area is 159 Å². The standard InChI is InChI=1S/C21H27N5O/c27-21(25-20-9-16-8-19(20)18-3-1-2-17(16)18)23-10-14-4-6-15(7-5-14)11-26-13-22-12-24-26/h4-7,12-13,16-20H,1-3,8-11H2,(H2,23,25,27)/t16-,17+,18+,19+,20-/m1/s1. The number of nitrogens with one attached hydrogen (secondary N) is 2. The zero-order valence-corrected chi connectivity index (χ0v) is 15.6. The molecule has 3 aliphatic carbocycles. The molecular weight excluding hydrogens is 338 g/mol. The maximum Gasteiger partial charge on any atom is 0.315 e. The molecule has 142 valence electrons. The van der Waals surface area contributed by atoms with Crippen molar-refractivity contribution < 1.29 is 4.79 Å². The van der Waals surface area contributed by atoms with E-state index in [2.05, 4.69) is 45.0 Å². The summed E-state index contributed by atoms with van der Waals surface area (Å²) in [7, 11) is 0. The Balaban J connectivity index is 1.10. The molecule has 0 aliphatic heterocycles. The summed E-state index contributed by atoms with van der Waals surface area (Å²) in [5.74, 6) is 3.44. The van der Waals surface area contributed by atoms with Crippen molar-refractivity contribution in [2.24, 2.45) is 23.7 Å². The molecule has 2 amide bonds. The van der Waals surface area contributed by atoms with E-state index in [1.807, 2.05) is 0 Å². The van der Waals surface area contributed by atoms with Gasteiger partial charge in [0.15, 0.2) is 0 Å². The Morgan fingerprint density at radius 3 is 2.70 bits per heavy atom. The van der Waals surface area contributed by atoms with E-state index >= 15 is 0 Å². The van der Waals surface area contributed by atoms with E-state index < -0.39 is 0 Å². The van der Waals surface area contributed by atoms with E-state index in [-0.39, 0.29) is 6.03 Å². The van der Waals surface area contributed by atoms with Gasteiger partial charge in [0.25, 0.3) is 0 Å². The highest BCUT2D eigenvalue weighted by atomic mass is 16.2. The van der Waals surface area contributed by atoms with Gasteiger partial charge in [-0.25, -0.2) is 14.5 Å². The second-order valence-corrected chi connectivity index (χ2v) is 8.50. The molecule has 1 aromatic heterocycles. The predicted molar refractivity (Wildman–Crippen MR) is 102 cm³/mol. The van der Waals surface area contributed by atoms with Gasteiger partial charge >= 0.3 is 6.03 Å². The Bertz CT molecular complexity index is 787. The summed E-state index contributed by atoms with van der Waals surface area (Å²) in [6, 6.07) is 8.65. The van der Waals surface area contributed by atoms with Crippen LogP contribution in [0.5, 0.6) is 0 Å². The monoisotopic (exact) mass is 365 g/mol. The summed E-state index contributed by atoms with van der Waals surface area (Å²) in [5.41, 5.74) is 2.28. The molecule has 1 aromatic carbocycles. The van der Waals surface area contributed by atoms with Gasteiger partial charge in [-0.15, -0.1) is 0 Å². The number of benzene rings is 1. The molecule has 3 aliphatic rings. The summed E-state index contributed by atoms with van der Waals surface area (Å²) >= 11 is 0. The fraction of sp³-hybridized carbons (Fsp3) is 0.571. The lowest BCUT2D eigenvalue weighted by Gasteiger charge is -2.32. The van der Waals surface area contributed by atoms with Gasteiger partial charge in [0, 0.05) is 12.6 Å². The highest BCUT2D eigenvalue weighted by Crippen LogP contribution is 2.58. The number of rotatable bonds is 5. The van der Waals surface area contributed by atoms with Gasteiger partial charge in [0.2, 0.25) is 0 Å². The number of fused-ring (bicyclic) bond motifs is 5. The molecule has 6 heteroatoms. The second kappa shape index (κ2) is 6.98. The topological polar surface area (TPSA) is 71.8 Å². The van der Waals surface area contributed by atoms with Crippen LogP contribution in [0.2, 0.25) is 0 Å². The Morgan fingerprint density at radius 2 is 1.89 bits per heavy atom. The van der Waals surface area contributed by atoms with Gasteiger partial charge in [-0.1, -0.05) is 30.7 Å². The third-order valence-corrected chi connectivity index (χ3v) is 7.03. The molecule has 6 nitrogen and oxygen atoms in total. The number of carbonyl (C=O) groups is 1. The van der Waals surface area contributed by atoms with E-state index in [0.717, 1.165) is 29.2 Å². The number of nitrogens with zero attached hydrogens (tertiary/aromatic N) is 3. The molecule has 0 spiro atoms. The molecular formula is C21H27N5O. The lowest BCUT2D eigenvalue weighted by atomic mass is 9.79. The number of hydrogen-bond acceptors (Lipinski definition) is 3. The maximum atomic E-state index is 12.4. The zero-order chi connectivity index (χ0) is 18.2. The molecule has 3 saturated carbocycles. The first-order valence-corrected chi connectivity index (χ1v) is 10.2. The van der Waals surface area contributed by atoms with Crippen LogP contribution in [0.25, 0.3) is 0 Å². The Kier molecular flexibility index (Phi) is 4.34. The van der Waals surface area contributed by atoms with Crippen LogP contribution in [0, 0.1) is 23.7 Å². The number of urea groups is 1. The number of aromatic nitrogens is 3. The quantitative estimate of drug-likeness (QED) is 0.856. The molecule has 0 unspecified atom stereocenters. The van der Waals surface area contributed by atoms with E-state index in [0.29, 0.717) is 19.1 Å². The number of hydrogen-bond donors (Lipinski definition) is 2. The predicted octanol–water partition coefficient (Wildman–Crippen LogP) is 2.95. The minimum Gasteiger partial charge on any atom is -0.335 e. The average Bonchev–Trinajstić information content (AvgIpc) is 3.44. The summed E-state index contributed by atoms with van der Waals surface area (Å²) in [5, 5.41) is 10.4. The molecule has 2 aromatic rings. The van der Waals surface area contributed by atoms with Crippen molar-refractivity contribution in [3.8, 4) is 0 Å². The van der Waals surface area contributed by atoms with Crippen LogP contribution in [-0.4, -0.2) is 26.8 Å². The van der Waals surface area contributed by atoms with Gasteiger partial charge < -0.3 is 10.6 Å². The minimum atomic E-state index is -0.0196. The van der Waals surface area contributed by atoms with Crippen molar-refractivity contribution in [3.63, 3.8) is 0 Å². The van der Waals surface area contributed by atoms with Crippen molar-refractivity contribution in [3.05, 3.63) is 48.0 Å². The average molecular weight is 365 g/mol. The first kappa shape index (κ1) is 16.8. The van der Waals surface area contributed by atoms with E-state index in [9.17, 15) is 4.79 Å². The third kappa shape index (κ3) is 3.33. The normalized spacial score (nSPS) is 31.0. The highest BCUT2D eigenvalue weighted by Gasteiger charge is 2.53. The lowest BCUT2D eigenvalue weighted by Crippen LogP contribution is -2.46. The Morgan fingerprint density at radius 1 is 1.07 bits per heavy atom. The van der Waals surface area contributed by atoms with Crippen LogP contribution >= 0.6 is 0 Å². The minimum absolute atomic E-state index is 0.0196. The molecule has 0 radical (unpaired) electrons. The maximum absolute atomic E-state index is 12.4. The van der Waals surface area contributed by atoms with Gasteiger partial charge in [0.05, 0.1) is 6.54 Å². The number of carbonyl (C=O) groups excluding carboxylic acids is 1. The molecule has 1 heterocycles. The van der Waals surface area contributed by atoms with Crippen LogP contribution in [0.1, 0.15) is 43.2 Å². The van der Waals surface area contributed by atoms with Crippen molar-refractivity contribution >= 4 is 6.03 Å². The SMILES string of the molecule is O=C(NCc1ccc(Cn2cncn2)cc1)N[C@@H]1C[C@H]2C[C@H]1[C@H]1CCC[C@@H]21. The summed E-state index contributed by atoms with van der Waals surface area (Å²) < 4.78 is 1.80. The van der Waals surface area contributed by atoms with Gasteiger partial charge in [-0.05, 0) is 60.5 Å². The Hall–Kier alpha value is -2.37. The largest absolute Gasteiger partial charge is 0.335 e. The van der Waals surface area contributed by atoms with E-state index in [4.69, 9.17) is 0 Å². The molecule has 2 bridgehead atoms. The van der Waals surface area contributed by atoms with Crippen molar-refractivity contribution in [1.82, 2.24) is 25.4 Å². The first-order chi connectivity index (χ1) is 13.3. The van der Waals surface area contributed by atoms with Gasteiger partial charge in [-0.3, -0.25) is 0 Å². The summed E-state index contributed by atoms with van der Waals surface area (Å²) in [6.45, 7) is 1.27. The fourth-order valence-electron chi connectivity index (χ4n) is 5.90. The van der Waals surface area contributed by atoms with E-state index in [1.165, 1.54) is 37.7 Å². The van der Waals surface area contributed by atoms with Crippen LogP contribution in [0.3, 0.4) is 0 Å². The smallest absolute Gasteiger partial charge is 0.315 e. The van der Waals surface area contributed by atoms with Crippen molar-refractivity contribution in [1.29, 1.82) is 0 Å². The van der Waals surface area contributed by atoms with E-state index in [1.54, 1.807) is 17.3 Å². The molecule has 27 heavy (non-hydrogen) atoms. The first-order valence-electron chi connectivity index (χ1n) is 10.2. The summed E-state index contributed by atoms with van der Waals surface area (Å²) in [4.78, 5) is 16.3. The summed E-state index contributed by atoms with van der Waals surface area (Å²) in [6.07, 6.45) is 9.99. The highest BCUT2D eigenvalue weighted by molar-refractivity contribution is 5.74. The van der Waals surface area contributed by atoms with Crippen molar-refractivity contribution in [2.75, 3.05) is 0 Å². The number of amides is 2. The van der Waals surface area contributed by atoms with Crippen molar-refractivity contribution in [2.45, 2.75) is 51.2 Å². The van der Waals surface area contributed by atoms with Crippen LogP contribution in [-0.2, 0) is 13.1 Å². The molecule has 0 saturated heterocycles. The molecule has 5 atom stereocenters. The van der Waals surface area contributed by atoms with Gasteiger partial charge in [-0.2, -0.15) is 5.10 Å². The zero-order valence-electron chi connectivity index (χ0n) is 15.6. The van der Waals surface area contributed by atoms with Crippen LogP contribution in [0.4, 0.5) is 4.79 Å². The van der Waals surface area contributed by atoms with Crippen LogP contribution in [0.15, 0.2) is 36.9 Å². The van der Waals surface area contributed by atoms with Gasteiger partial charge in [0.1, 0.15) is 12.7 Å². The fourth-order valence-corrected chi connectivity index (χ4v) is 5.90. The third-order valence-electron chi connectivity index (χ3n) is 7.03. The molecule has 3 fully saturated rings. The molecule has 2 N–H and O–H groups in total.